The Bertz CT molecular complexity index is 1190. The molecule has 212 valence electrons. The summed E-state index contributed by atoms with van der Waals surface area (Å²) in [5, 5.41) is 2.81. The lowest BCUT2D eigenvalue weighted by Crippen LogP contribution is -2.42. The van der Waals surface area contributed by atoms with Crippen LogP contribution in [-0.2, 0) is 9.16 Å². The first-order valence-corrected chi connectivity index (χ1v) is 16.4. The molecule has 1 aliphatic carbocycles. The molecule has 0 spiro atoms. The van der Waals surface area contributed by atoms with E-state index in [9.17, 15) is 4.79 Å². The molecule has 1 N–H and O–H groups in total. The summed E-state index contributed by atoms with van der Waals surface area (Å²) in [6.07, 6.45) is 2.03. The minimum absolute atomic E-state index is 0.00483. The Hall–Kier alpha value is -2.46. The van der Waals surface area contributed by atoms with Crippen LogP contribution in [0.25, 0.3) is 11.2 Å². The molecule has 9 nitrogen and oxygen atoms in total. The van der Waals surface area contributed by atoms with Crippen molar-refractivity contribution < 1.29 is 18.7 Å². The maximum Gasteiger partial charge on any atom is 0.414 e. The van der Waals surface area contributed by atoms with Crippen LogP contribution >= 0.6 is 0 Å². The molecule has 1 saturated carbocycles. The SMILES string of the molecule is C=C1[C@H](CO[Si](C)(C)C(C)(C)C)[C@@H](C)C[C@@H]1n1cnc2c(OC(C)(C)C)nc(NC(=O)OC(C)(C)C)nc21. The number of hydrogen-bond donors (Lipinski definition) is 1. The third-order valence-electron chi connectivity index (χ3n) is 7.36. The fourth-order valence-corrected chi connectivity index (χ4v) is 5.32. The van der Waals surface area contributed by atoms with Crippen molar-refractivity contribution in [3.63, 3.8) is 0 Å². The summed E-state index contributed by atoms with van der Waals surface area (Å²) in [5.41, 5.74) is 1.05. The van der Waals surface area contributed by atoms with E-state index in [1.165, 1.54) is 0 Å². The fourth-order valence-electron chi connectivity index (χ4n) is 4.29. The summed E-state index contributed by atoms with van der Waals surface area (Å²) in [4.78, 5) is 26.3. The second-order valence-corrected chi connectivity index (χ2v) is 18.8. The normalized spacial score (nSPS) is 21.2. The zero-order valence-electron chi connectivity index (χ0n) is 25.4. The molecule has 1 aliphatic rings. The first-order chi connectivity index (χ1) is 17.2. The number of amides is 1. The molecule has 2 heterocycles. The Kier molecular flexibility index (Phi) is 8.12. The Labute approximate surface area is 228 Å². The van der Waals surface area contributed by atoms with E-state index < -0.39 is 25.6 Å². The van der Waals surface area contributed by atoms with E-state index >= 15 is 0 Å². The molecule has 10 heteroatoms. The van der Waals surface area contributed by atoms with Gasteiger partial charge in [0.1, 0.15) is 11.2 Å². The second kappa shape index (κ2) is 10.3. The molecule has 0 aliphatic heterocycles. The number of nitrogens with one attached hydrogen (secondary N) is 1. The van der Waals surface area contributed by atoms with Gasteiger partial charge in [0.2, 0.25) is 11.8 Å². The van der Waals surface area contributed by atoms with Gasteiger partial charge in [-0.25, -0.2) is 9.78 Å². The van der Waals surface area contributed by atoms with Gasteiger partial charge in [0.15, 0.2) is 19.5 Å². The Morgan fingerprint density at radius 3 is 2.29 bits per heavy atom. The highest BCUT2D eigenvalue weighted by Gasteiger charge is 2.41. The third-order valence-corrected chi connectivity index (χ3v) is 11.9. The number of anilines is 1. The molecule has 2 aromatic rings. The van der Waals surface area contributed by atoms with E-state index in [1.807, 2.05) is 25.3 Å². The highest BCUT2D eigenvalue weighted by molar-refractivity contribution is 6.74. The van der Waals surface area contributed by atoms with Gasteiger partial charge in [-0.1, -0.05) is 34.3 Å². The monoisotopic (exact) mass is 545 g/mol. The van der Waals surface area contributed by atoms with E-state index in [-0.39, 0.29) is 22.9 Å². The fraction of sp³-hybridized carbons (Fsp3) is 0.714. The molecule has 3 atom stereocenters. The Morgan fingerprint density at radius 2 is 1.74 bits per heavy atom. The molecule has 2 aromatic heterocycles. The van der Waals surface area contributed by atoms with E-state index in [4.69, 9.17) is 13.9 Å². The number of nitrogens with zero attached hydrogens (tertiary/aromatic N) is 4. The smallest absolute Gasteiger partial charge is 0.414 e. The van der Waals surface area contributed by atoms with Crippen molar-refractivity contribution in [3.05, 3.63) is 18.5 Å². The number of rotatable bonds is 6. The van der Waals surface area contributed by atoms with Gasteiger partial charge in [0.25, 0.3) is 0 Å². The van der Waals surface area contributed by atoms with Crippen LogP contribution in [0.15, 0.2) is 18.5 Å². The molecule has 3 rings (SSSR count). The van der Waals surface area contributed by atoms with Crippen LogP contribution < -0.4 is 10.1 Å². The lowest BCUT2D eigenvalue weighted by Gasteiger charge is -2.37. The maximum atomic E-state index is 12.5. The number of hydrogen-bond acceptors (Lipinski definition) is 7. The maximum absolute atomic E-state index is 12.5. The van der Waals surface area contributed by atoms with Gasteiger partial charge in [-0.3, -0.25) is 5.32 Å². The number of carbonyl (C=O) groups excluding carboxylic acids is 1. The van der Waals surface area contributed by atoms with Crippen LogP contribution in [0.1, 0.15) is 81.7 Å². The van der Waals surface area contributed by atoms with Crippen LogP contribution in [-0.4, -0.2) is 51.7 Å². The van der Waals surface area contributed by atoms with Crippen LogP contribution in [0, 0.1) is 11.8 Å². The second-order valence-electron chi connectivity index (χ2n) is 14.0. The quantitative estimate of drug-likeness (QED) is 0.304. The summed E-state index contributed by atoms with van der Waals surface area (Å²) >= 11 is 0. The molecule has 1 amide bonds. The molecule has 1 fully saturated rings. The molecule has 0 saturated heterocycles. The van der Waals surface area contributed by atoms with Gasteiger partial charge in [-0.15, -0.1) is 0 Å². The number of fused-ring (bicyclic) bond motifs is 1. The molecule has 0 unspecified atom stereocenters. The van der Waals surface area contributed by atoms with E-state index in [1.54, 1.807) is 27.1 Å². The predicted molar refractivity (Wildman–Crippen MR) is 154 cm³/mol. The number of imidazole rings is 1. The largest absolute Gasteiger partial charge is 0.470 e. The Balaban J connectivity index is 1.95. The summed E-state index contributed by atoms with van der Waals surface area (Å²) < 4.78 is 20.2. The first-order valence-electron chi connectivity index (χ1n) is 13.4. The van der Waals surface area contributed by atoms with Crippen molar-refractivity contribution in [2.75, 3.05) is 11.9 Å². The van der Waals surface area contributed by atoms with Crippen molar-refractivity contribution >= 4 is 31.5 Å². The van der Waals surface area contributed by atoms with Crippen molar-refractivity contribution in [2.24, 2.45) is 11.8 Å². The van der Waals surface area contributed by atoms with Crippen molar-refractivity contribution in [2.45, 2.75) is 111 Å². The zero-order valence-corrected chi connectivity index (χ0v) is 26.4. The molecular formula is C28H47N5O4Si. The van der Waals surface area contributed by atoms with Gasteiger partial charge in [0.05, 0.1) is 12.4 Å². The standard InChI is InChI=1S/C28H47N5O4Si/c1-17-14-20(18(2)19(17)15-35-38(12,13)28(9,10)11)33-16-29-21-22(33)30-24(31-23(21)36-26(3,4)5)32-25(34)37-27(6,7)8/h16-17,19-20H,2,14-15H2,1,3-13H3,(H,30,31,32,34)/t17-,19+,20-/m0/s1. The number of aromatic nitrogens is 4. The Morgan fingerprint density at radius 1 is 1.11 bits per heavy atom. The van der Waals surface area contributed by atoms with Crippen molar-refractivity contribution in [1.29, 1.82) is 0 Å². The average Bonchev–Trinajstić information content (AvgIpc) is 3.23. The molecule has 0 aromatic carbocycles. The van der Waals surface area contributed by atoms with Gasteiger partial charge in [-0.2, -0.15) is 9.97 Å². The van der Waals surface area contributed by atoms with Crippen LogP contribution in [0.5, 0.6) is 5.88 Å². The lowest BCUT2D eigenvalue weighted by atomic mass is 9.97. The number of ether oxygens (including phenoxy) is 2. The first kappa shape index (κ1) is 30.1. The summed E-state index contributed by atoms with van der Waals surface area (Å²) in [5.74, 6) is 1.03. The van der Waals surface area contributed by atoms with Gasteiger partial charge in [0, 0.05) is 12.5 Å². The van der Waals surface area contributed by atoms with E-state index in [0.717, 1.165) is 12.0 Å². The van der Waals surface area contributed by atoms with Gasteiger partial charge >= 0.3 is 6.09 Å². The van der Waals surface area contributed by atoms with Crippen LogP contribution in [0.3, 0.4) is 0 Å². The number of carbonyl (C=O) groups is 1. The van der Waals surface area contributed by atoms with Crippen molar-refractivity contribution in [3.8, 4) is 5.88 Å². The van der Waals surface area contributed by atoms with Crippen molar-refractivity contribution in [1.82, 2.24) is 19.5 Å². The summed E-state index contributed by atoms with van der Waals surface area (Å²) in [6, 6.07) is -0.00483. The lowest BCUT2D eigenvalue weighted by molar-refractivity contribution is 0.0634. The molecule has 0 radical (unpaired) electrons. The van der Waals surface area contributed by atoms with Gasteiger partial charge in [-0.05, 0) is 77.6 Å². The van der Waals surface area contributed by atoms with E-state index in [0.29, 0.717) is 29.6 Å². The molecule has 0 bridgehead atoms. The minimum atomic E-state index is -1.88. The molecular weight excluding hydrogens is 498 g/mol. The summed E-state index contributed by atoms with van der Waals surface area (Å²) in [6.45, 7) is 30.0. The van der Waals surface area contributed by atoms with Gasteiger partial charge < -0.3 is 18.5 Å². The van der Waals surface area contributed by atoms with Crippen LogP contribution in [0.4, 0.5) is 10.7 Å². The summed E-state index contributed by atoms with van der Waals surface area (Å²) in [7, 11) is -1.88. The molecule has 38 heavy (non-hydrogen) atoms. The zero-order chi connectivity index (χ0) is 28.8. The third kappa shape index (κ3) is 6.94. The topological polar surface area (TPSA) is 100 Å². The highest BCUT2D eigenvalue weighted by Crippen LogP contribution is 2.46. The van der Waals surface area contributed by atoms with E-state index in [2.05, 4.69) is 67.6 Å². The predicted octanol–water partition coefficient (Wildman–Crippen LogP) is 7.13. The average molecular weight is 546 g/mol. The minimum Gasteiger partial charge on any atom is -0.470 e. The highest BCUT2D eigenvalue weighted by atomic mass is 28.4. The van der Waals surface area contributed by atoms with Crippen LogP contribution in [0.2, 0.25) is 18.1 Å².